The van der Waals surface area contributed by atoms with Crippen LogP contribution >= 0.6 is 0 Å². The Hall–Kier alpha value is -3.34. The number of pyridine rings is 1. The molecule has 0 fully saturated rings. The number of guanidine groups is 1. The number of nitrogens with one attached hydrogen (secondary N) is 2. The van der Waals surface area contributed by atoms with Crippen molar-refractivity contribution in [3.8, 4) is 5.75 Å². The van der Waals surface area contributed by atoms with E-state index >= 15 is 0 Å². The van der Waals surface area contributed by atoms with Gasteiger partial charge in [-0.3, -0.25) is 4.40 Å². The smallest absolute Gasteiger partial charge is 0.416 e. The molecule has 0 saturated carbocycles. The predicted octanol–water partition coefficient (Wildman–Crippen LogP) is 2.24. The van der Waals surface area contributed by atoms with Gasteiger partial charge < -0.3 is 20.5 Å². The first-order valence-electron chi connectivity index (χ1n) is 9.65. The first kappa shape index (κ1) is 22.3. The molecule has 3 aromatic rings. The molecule has 2 aromatic heterocycles. The second-order valence-corrected chi connectivity index (χ2v) is 6.61. The minimum absolute atomic E-state index is 0.0907. The Morgan fingerprint density at radius 2 is 1.94 bits per heavy atom. The van der Waals surface area contributed by atoms with Crippen LogP contribution in [0.2, 0.25) is 0 Å². The Morgan fingerprint density at radius 1 is 1.16 bits per heavy atom. The number of rotatable bonds is 8. The number of aliphatic hydroxyl groups is 1. The van der Waals surface area contributed by atoms with Crippen LogP contribution in [0.5, 0.6) is 5.75 Å². The van der Waals surface area contributed by atoms with Gasteiger partial charge in [-0.25, -0.2) is 4.99 Å². The minimum Gasteiger partial charge on any atom is -0.491 e. The average molecular weight is 436 g/mol. The van der Waals surface area contributed by atoms with Gasteiger partial charge in [0.2, 0.25) is 0 Å². The van der Waals surface area contributed by atoms with Gasteiger partial charge in [0, 0.05) is 19.3 Å². The number of nitrogens with zero attached hydrogens (tertiary/aromatic N) is 4. The summed E-state index contributed by atoms with van der Waals surface area (Å²) in [6.45, 7) is 2.84. The van der Waals surface area contributed by atoms with Crippen LogP contribution in [0.25, 0.3) is 5.65 Å². The molecular weight excluding hydrogens is 413 g/mol. The van der Waals surface area contributed by atoms with Crippen molar-refractivity contribution in [2.75, 3.05) is 19.7 Å². The summed E-state index contributed by atoms with van der Waals surface area (Å²) < 4.78 is 45.0. The van der Waals surface area contributed by atoms with E-state index in [9.17, 15) is 18.3 Å². The highest BCUT2D eigenvalue weighted by molar-refractivity contribution is 5.79. The predicted molar refractivity (Wildman–Crippen MR) is 109 cm³/mol. The summed E-state index contributed by atoms with van der Waals surface area (Å²) in [6, 6.07) is 9.90. The van der Waals surface area contributed by atoms with Gasteiger partial charge in [0.15, 0.2) is 17.4 Å². The summed E-state index contributed by atoms with van der Waals surface area (Å²) in [5, 5.41) is 24.4. The summed E-state index contributed by atoms with van der Waals surface area (Å²) >= 11 is 0. The van der Waals surface area contributed by atoms with Crippen LogP contribution in [-0.4, -0.2) is 51.5 Å². The third-order valence-corrected chi connectivity index (χ3v) is 4.24. The first-order chi connectivity index (χ1) is 14.9. The zero-order valence-electron chi connectivity index (χ0n) is 16.8. The van der Waals surface area contributed by atoms with Crippen LogP contribution in [0.3, 0.4) is 0 Å². The van der Waals surface area contributed by atoms with Crippen molar-refractivity contribution >= 4 is 11.6 Å². The van der Waals surface area contributed by atoms with E-state index in [1.807, 2.05) is 35.7 Å². The molecule has 31 heavy (non-hydrogen) atoms. The number of aliphatic imine (C=N–C) groups is 1. The summed E-state index contributed by atoms with van der Waals surface area (Å²) in [7, 11) is 0. The summed E-state index contributed by atoms with van der Waals surface area (Å²) in [4.78, 5) is 4.44. The molecule has 0 saturated heterocycles. The van der Waals surface area contributed by atoms with Gasteiger partial charge in [-0.15, -0.1) is 10.2 Å². The SMILES string of the molecule is CCNC(=NCc1nnc2ccccn12)NCC(O)COc1ccc(C(F)(F)F)cc1. The molecule has 166 valence electrons. The van der Waals surface area contributed by atoms with Crippen molar-refractivity contribution in [3.05, 3.63) is 60.0 Å². The average Bonchev–Trinajstić information content (AvgIpc) is 3.17. The number of alkyl halides is 3. The van der Waals surface area contributed by atoms with Crippen molar-refractivity contribution in [2.24, 2.45) is 4.99 Å². The van der Waals surface area contributed by atoms with Crippen molar-refractivity contribution in [2.45, 2.75) is 25.7 Å². The summed E-state index contributed by atoms with van der Waals surface area (Å²) in [6.07, 6.45) is -3.45. The van der Waals surface area contributed by atoms with Gasteiger partial charge >= 0.3 is 6.18 Å². The molecule has 3 rings (SSSR count). The van der Waals surface area contributed by atoms with Crippen LogP contribution in [-0.2, 0) is 12.7 Å². The van der Waals surface area contributed by atoms with E-state index in [4.69, 9.17) is 4.74 Å². The zero-order chi connectivity index (χ0) is 22.3. The summed E-state index contributed by atoms with van der Waals surface area (Å²) in [5.74, 6) is 1.38. The van der Waals surface area contributed by atoms with Crippen molar-refractivity contribution in [3.63, 3.8) is 0 Å². The van der Waals surface area contributed by atoms with E-state index in [0.29, 0.717) is 18.3 Å². The Morgan fingerprint density at radius 3 is 2.65 bits per heavy atom. The van der Waals surface area contributed by atoms with Crippen molar-refractivity contribution < 1.29 is 23.0 Å². The minimum atomic E-state index is -4.40. The Balaban J connectivity index is 1.50. The van der Waals surface area contributed by atoms with E-state index in [-0.39, 0.29) is 25.4 Å². The number of aromatic nitrogens is 3. The van der Waals surface area contributed by atoms with Crippen LogP contribution in [0.15, 0.2) is 53.7 Å². The Bertz CT molecular complexity index is 1000. The maximum absolute atomic E-state index is 12.6. The third-order valence-electron chi connectivity index (χ3n) is 4.24. The molecular formula is C20H23F3N6O2. The normalized spacial score (nSPS) is 13.3. The molecule has 2 heterocycles. The summed E-state index contributed by atoms with van der Waals surface area (Å²) in [5.41, 5.74) is -0.0319. The van der Waals surface area contributed by atoms with E-state index < -0.39 is 17.8 Å². The molecule has 0 aliphatic heterocycles. The van der Waals surface area contributed by atoms with Gasteiger partial charge in [-0.2, -0.15) is 13.2 Å². The van der Waals surface area contributed by atoms with Crippen molar-refractivity contribution in [1.82, 2.24) is 25.2 Å². The maximum atomic E-state index is 12.6. The molecule has 0 radical (unpaired) electrons. The van der Waals surface area contributed by atoms with Crippen LogP contribution < -0.4 is 15.4 Å². The molecule has 1 atom stereocenters. The highest BCUT2D eigenvalue weighted by Gasteiger charge is 2.30. The lowest BCUT2D eigenvalue weighted by molar-refractivity contribution is -0.137. The molecule has 0 spiro atoms. The van der Waals surface area contributed by atoms with Gasteiger partial charge in [-0.05, 0) is 43.3 Å². The number of fused-ring (bicyclic) bond motifs is 1. The molecule has 3 N–H and O–H groups in total. The van der Waals surface area contributed by atoms with Crippen molar-refractivity contribution in [1.29, 1.82) is 0 Å². The number of ether oxygens (including phenoxy) is 1. The second kappa shape index (κ2) is 10.1. The molecule has 1 aromatic carbocycles. The standard InChI is InChI=1S/C20H23F3N6O2/c1-2-24-19(26-12-18-28-27-17-5-3-4-10-29(17)18)25-11-15(30)13-31-16-8-6-14(7-9-16)20(21,22)23/h3-10,15,30H,2,11-13H2,1H3,(H2,24,25,26). The third kappa shape index (κ3) is 6.32. The lowest BCUT2D eigenvalue weighted by atomic mass is 10.2. The molecule has 0 aliphatic rings. The fourth-order valence-corrected chi connectivity index (χ4v) is 2.70. The van der Waals surface area contributed by atoms with Gasteiger partial charge in [0.05, 0.1) is 5.56 Å². The molecule has 0 aliphatic carbocycles. The number of hydrogen-bond donors (Lipinski definition) is 3. The van der Waals surface area contributed by atoms with Crippen LogP contribution in [0.4, 0.5) is 13.2 Å². The number of halogens is 3. The van der Waals surface area contributed by atoms with Crippen LogP contribution in [0, 0.1) is 0 Å². The highest BCUT2D eigenvalue weighted by Crippen LogP contribution is 2.30. The number of benzene rings is 1. The van der Waals surface area contributed by atoms with E-state index in [2.05, 4.69) is 25.8 Å². The molecule has 11 heteroatoms. The quantitative estimate of drug-likeness (QED) is 0.370. The maximum Gasteiger partial charge on any atom is 0.416 e. The van der Waals surface area contributed by atoms with E-state index in [0.717, 1.165) is 17.8 Å². The molecule has 0 bridgehead atoms. The molecule has 0 amide bonds. The van der Waals surface area contributed by atoms with Crippen LogP contribution in [0.1, 0.15) is 18.3 Å². The monoisotopic (exact) mass is 436 g/mol. The fourth-order valence-electron chi connectivity index (χ4n) is 2.70. The van der Waals surface area contributed by atoms with E-state index in [1.165, 1.54) is 12.1 Å². The molecule has 8 nitrogen and oxygen atoms in total. The zero-order valence-corrected chi connectivity index (χ0v) is 16.8. The first-order valence-corrected chi connectivity index (χ1v) is 9.65. The second-order valence-electron chi connectivity index (χ2n) is 6.61. The Kier molecular flexibility index (Phi) is 7.29. The Labute approximate surface area is 176 Å². The van der Waals surface area contributed by atoms with Gasteiger partial charge in [-0.1, -0.05) is 6.07 Å². The lowest BCUT2D eigenvalue weighted by Gasteiger charge is -2.16. The fraction of sp³-hybridized carbons (Fsp3) is 0.350. The molecule has 1 unspecified atom stereocenters. The topological polar surface area (TPSA) is 96.1 Å². The lowest BCUT2D eigenvalue weighted by Crippen LogP contribution is -2.42. The largest absolute Gasteiger partial charge is 0.491 e. The number of aliphatic hydroxyl groups excluding tert-OH is 1. The van der Waals surface area contributed by atoms with Gasteiger partial charge in [0.25, 0.3) is 0 Å². The highest BCUT2D eigenvalue weighted by atomic mass is 19.4. The van der Waals surface area contributed by atoms with E-state index in [1.54, 1.807) is 0 Å². The number of hydrogen-bond acceptors (Lipinski definition) is 5. The van der Waals surface area contributed by atoms with Gasteiger partial charge in [0.1, 0.15) is 25.0 Å².